The average molecular weight is 381 g/mol. The SMILES string of the molecule is CCCOc1ccc(C(F)(F)F)cc1NC(=O)C1Cc2ccccc2S1. The Kier molecular flexibility index (Phi) is 5.46. The normalized spacial score (nSPS) is 16.2. The molecule has 1 N–H and O–H groups in total. The number of thioether (sulfide) groups is 1. The van der Waals surface area contributed by atoms with Gasteiger partial charge in [-0.2, -0.15) is 13.2 Å². The predicted octanol–water partition coefficient (Wildman–Crippen LogP) is 5.15. The van der Waals surface area contributed by atoms with Crippen molar-refractivity contribution in [3.8, 4) is 5.75 Å². The van der Waals surface area contributed by atoms with Crippen LogP contribution in [0.3, 0.4) is 0 Å². The molecule has 0 bridgehead atoms. The minimum absolute atomic E-state index is 0.0508. The molecule has 7 heteroatoms. The quantitative estimate of drug-likeness (QED) is 0.778. The van der Waals surface area contributed by atoms with Crippen LogP contribution in [0.1, 0.15) is 24.5 Å². The Morgan fingerprint density at radius 1 is 1.27 bits per heavy atom. The van der Waals surface area contributed by atoms with Crippen LogP contribution >= 0.6 is 11.8 Å². The lowest BCUT2D eigenvalue weighted by Crippen LogP contribution is -2.25. The van der Waals surface area contributed by atoms with E-state index in [1.165, 1.54) is 17.8 Å². The number of amides is 1. The summed E-state index contributed by atoms with van der Waals surface area (Å²) < 4.78 is 44.5. The Morgan fingerprint density at radius 2 is 2.04 bits per heavy atom. The van der Waals surface area contributed by atoms with Crippen LogP contribution in [0, 0.1) is 0 Å². The molecule has 0 radical (unpaired) electrons. The van der Waals surface area contributed by atoms with Crippen molar-refractivity contribution >= 4 is 23.4 Å². The highest BCUT2D eigenvalue weighted by Crippen LogP contribution is 2.39. The molecule has 2 aromatic carbocycles. The first-order chi connectivity index (χ1) is 12.4. The van der Waals surface area contributed by atoms with Gasteiger partial charge < -0.3 is 10.1 Å². The number of alkyl halides is 3. The van der Waals surface area contributed by atoms with Gasteiger partial charge in [-0.3, -0.25) is 4.79 Å². The van der Waals surface area contributed by atoms with E-state index in [2.05, 4.69) is 5.32 Å². The third-order valence-electron chi connectivity index (χ3n) is 3.97. The van der Waals surface area contributed by atoms with E-state index in [1.807, 2.05) is 31.2 Å². The molecule has 1 amide bonds. The monoisotopic (exact) mass is 381 g/mol. The number of hydrogen-bond acceptors (Lipinski definition) is 3. The third-order valence-corrected chi connectivity index (χ3v) is 5.28. The smallest absolute Gasteiger partial charge is 0.416 e. The van der Waals surface area contributed by atoms with Gasteiger partial charge in [0.05, 0.1) is 23.1 Å². The van der Waals surface area contributed by atoms with E-state index in [4.69, 9.17) is 4.74 Å². The van der Waals surface area contributed by atoms with Crippen molar-refractivity contribution in [2.24, 2.45) is 0 Å². The molecule has 0 saturated heterocycles. The third kappa shape index (κ3) is 4.15. The van der Waals surface area contributed by atoms with E-state index in [9.17, 15) is 18.0 Å². The second-order valence-corrected chi connectivity index (χ2v) is 7.21. The number of hydrogen-bond donors (Lipinski definition) is 1. The molecule has 3 nitrogen and oxygen atoms in total. The van der Waals surface area contributed by atoms with Gasteiger partial charge >= 0.3 is 6.18 Å². The van der Waals surface area contributed by atoms with Gasteiger partial charge in [0.1, 0.15) is 5.75 Å². The summed E-state index contributed by atoms with van der Waals surface area (Å²) in [5.41, 5.74) is 0.304. The van der Waals surface area contributed by atoms with Crippen LogP contribution in [0.4, 0.5) is 18.9 Å². The summed E-state index contributed by atoms with van der Waals surface area (Å²) in [4.78, 5) is 13.6. The summed E-state index contributed by atoms with van der Waals surface area (Å²) in [6, 6.07) is 10.8. The molecule has 1 atom stereocenters. The first-order valence-corrected chi connectivity index (χ1v) is 9.16. The Morgan fingerprint density at radius 3 is 2.73 bits per heavy atom. The lowest BCUT2D eigenvalue weighted by atomic mass is 10.1. The second-order valence-electron chi connectivity index (χ2n) is 5.96. The summed E-state index contributed by atoms with van der Waals surface area (Å²) >= 11 is 1.42. The zero-order valence-corrected chi connectivity index (χ0v) is 14.9. The maximum absolute atomic E-state index is 13.0. The minimum atomic E-state index is -4.49. The Labute approximate surface area is 153 Å². The maximum Gasteiger partial charge on any atom is 0.416 e. The number of rotatable bonds is 5. The minimum Gasteiger partial charge on any atom is -0.491 e. The fraction of sp³-hybridized carbons (Fsp3) is 0.316. The van der Waals surface area contributed by atoms with Crippen LogP contribution < -0.4 is 10.1 Å². The molecule has 1 aliphatic heterocycles. The van der Waals surface area contributed by atoms with Crippen molar-refractivity contribution < 1.29 is 22.7 Å². The largest absolute Gasteiger partial charge is 0.491 e. The van der Waals surface area contributed by atoms with Gasteiger partial charge in [-0.15, -0.1) is 11.8 Å². The Balaban J connectivity index is 1.80. The molecule has 26 heavy (non-hydrogen) atoms. The molecule has 3 rings (SSSR count). The molecule has 1 unspecified atom stereocenters. The van der Waals surface area contributed by atoms with Gasteiger partial charge in [0.2, 0.25) is 5.91 Å². The van der Waals surface area contributed by atoms with Crippen molar-refractivity contribution in [1.82, 2.24) is 0 Å². The molecular weight excluding hydrogens is 363 g/mol. The molecule has 2 aromatic rings. The fourth-order valence-electron chi connectivity index (χ4n) is 2.68. The summed E-state index contributed by atoms with van der Waals surface area (Å²) in [6.45, 7) is 2.26. The standard InChI is InChI=1S/C19H18F3NO2S/c1-2-9-25-15-8-7-13(19(20,21)22)11-14(15)23-18(24)17-10-12-5-3-4-6-16(12)26-17/h3-8,11,17H,2,9-10H2,1H3,(H,23,24). The number of nitrogens with one attached hydrogen (secondary N) is 1. The molecule has 0 aliphatic carbocycles. The van der Waals surface area contributed by atoms with Crippen LogP contribution in [0.15, 0.2) is 47.4 Å². The van der Waals surface area contributed by atoms with Crippen molar-refractivity contribution in [1.29, 1.82) is 0 Å². The fourth-order valence-corrected chi connectivity index (χ4v) is 3.88. The molecule has 1 aliphatic rings. The average Bonchev–Trinajstić information content (AvgIpc) is 3.04. The van der Waals surface area contributed by atoms with Crippen LogP contribution in [-0.2, 0) is 17.4 Å². The highest BCUT2D eigenvalue weighted by molar-refractivity contribution is 8.01. The number of carbonyl (C=O) groups is 1. The number of benzene rings is 2. The van der Waals surface area contributed by atoms with Crippen molar-refractivity contribution in [3.63, 3.8) is 0 Å². The summed E-state index contributed by atoms with van der Waals surface area (Å²) in [5.74, 6) is -0.0828. The molecule has 0 fully saturated rings. The van der Waals surface area contributed by atoms with E-state index in [1.54, 1.807) is 0 Å². The summed E-state index contributed by atoms with van der Waals surface area (Å²) in [6.07, 6.45) is -3.22. The van der Waals surface area contributed by atoms with Gasteiger partial charge in [0.15, 0.2) is 0 Å². The van der Waals surface area contributed by atoms with E-state index in [0.29, 0.717) is 19.4 Å². The molecule has 0 spiro atoms. The van der Waals surface area contributed by atoms with Crippen LogP contribution in [0.2, 0.25) is 0 Å². The van der Waals surface area contributed by atoms with Crippen LogP contribution in [-0.4, -0.2) is 17.8 Å². The number of carbonyl (C=O) groups excluding carboxylic acids is 1. The molecule has 0 aromatic heterocycles. The number of fused-ring (bicyclic) bond motifs is 1. The van der Waals surface area contributed by atoms with E-state index in [-0.39, 0.29) is 22.6 Å². The Bertz CT molecular complexity index is 783. The molecule has 1 heterocycles. The summed E-state index contributed by atoms with van der Waals surface area (Å²) in [7, 11) is 0. The molecule has 0 saturated carbocycles. The van der Waals surface area contributed by atoms with Crippen LogP contribution in [0.5, 0.6) is 5.75 Å². The highest BCUT2D eigenvalue weighted by atomic mass is 32.2. The molecular formula is C19H18F3NO2S. The summed E-state index contributed by atoms with van der Waals surface area (Å²) in [5, 5.41) is 2.25. The number of halogens is 3. The number of anilines is 1. The lowest BCUT2D eigenvalue weighted by Gasteiger charge is -2.16. The predicted molar refractivity (Wildman–Crippen MR) is 95.7 cm³/mol. The topological polar surface area (TPSA) is 38.3 Å². The van der Waals surface area contributed by atoms with Gasteiger partial charge in [-0.05, 0) is 42.7 Å². The second kappa shape index (κ2) is 7.61. The van der Waals surface area contributed by atoms with E-state index in [0.717, 1.165) is 22.6 Å². The van der Waals surface area contributed by atoms with Crippen molar-refractivity contribution in [2.75, 3.05) is 11.9 Å². The highest BCUT2D eigenvalue weighted by Gasteiger charge is 2.32. The zero-order chi connectivity index (χ0) is 18.7. The Hall–Kier alpha value is -2.15. The van der Waals surface area contributed by atoms with Crippen molar-refractivity contribution in [2.45, 2.75) is 36.1 Å². The number of ether oxygens (including phenoxy) is 1. The molecule has 138 valence electrons. The maximum atomic E-state index is 13.0. The first kappa shape index (κ1) is 18.6. The zero-order valence-electron chi connectivity index (χ0n) is 14.1. The first-order valence-electron chi connectivity index (χ1n) is 8.28. The van der Waals surface area contributed by atoms with Crippen molar-refractivity contribution in [3.05, 3.63) is 53.6 Å². The van der Waals surface area contributed by atoms with E-state index < -0.39 is 11.7 Å². The van der Waals surface area contributed by atoms with E-state index >= 15 is 0 Å². The van der Waals surface area contributed by atoms with Crippen LogP contribution in [0.25, 0.3) is 0 Å². The van der Waals surface area contributed by atoms with Gasteiger partial charge in [-0.25, -0.2) is 0 Å². The van der Waals surface area contributed by atoms with Gasteiger partial charge in [0, 0.05) is 4.90 Å². The van der Waals surface area contributed by atoms with Gasteiger partial charge in [-0.1, -0.05) is 25.1 Å². The van der Waals surface area contributed by atoms with Gasteiger partial charge in [0.25, 0.3) is 0 Å². The lowest BCUT2D eigenvalue weighted by molar-refractivity contribution is -0.137.